The highest BCUT2D eigenvalue weighted by molar-refractivity contribution is 5.79. The first-order valence-electron chi connectivity index (χ1n) is 8.95. The lowest BCUT2D eigenvalue weighted by atomic mass is 10.1. The molecule has 0 aliphatic carbocycles. The van der Waals surface area contributed by atoms with Gasteiger partial charge in [0.1, 0.15) is 17.9 Å². The number of nitrogens with zero attached hydrogens (tertiary/aromatic N) is 2. The molecule has 7 heteroatoms. The Morgan fingerprint density at radius 1 is 1.11 bits per heavy atom. The van der Waals surface area contributed by atoms with Crippen LogP contribution >= 0.6 is 0 Å². The molecule has 0 atom stereocenters. The van der Waals surface area contributed by atoms with E-state index in [2.05, 4.69) is 20.6 Å². The van der Waals surface area contributed by atoms with E-state index in [0.717, 1.165) is 16.8 Å². The molecule has 3 aromatic rings. The van der Waals surface area contributed by atoms with Gasteiger partial charge in [0, 0.05) is 32.1 Å². The van der Waals surface area contributed by atoms with Crippen molar-refractivity contribution in [2.24, 2.45) is 4.99 Å². The van der Waals surface area contributed by atoms with E-state index >= 15 is 0 Å². The van der Waals surface area contributed by atoms with Gasteiger partial charge in [-0.15, -0.1) is 0 Å². The van der Waals surface area contributed by atoms with Crippen LogP contribution < -0.4 is 10.6 Å². The summed E-state index contributed by atoms with van der Waals surface area (Å²) in [7, 11) is 1.67. The molecule has 0 spiro atoms. The van der Waals surface area contributed by atoms with E-state index in [-0.39, 0.29) is 11.6 Å². The Bertz CT molecular complexity index is 951. The number of oxazole rings is 1. The van der Waals surface area contributed by atoms with Gasteiger partial charge in [0.05, 0.1) is 5.69 Å². The Morgan fingerprint density at radius 2 is 1.89 bits per heavy atom. The smallest absolute Gasteiger partial charge is 0.226 e. The third-order valence-electron chi connectivity index (χ3n) is 4.24. The maximum Gasteiger partial charge on any atom is 0.226 e. The monoisotopic (exact) mass is 384 g/mol. The molecular formula is C21H22F2N4O. The number of nitrogens with one attached hydrogen (secondary N) is 2. The Labute approximate surface area is 162 Å². The second kappa shape index (κ2) is 9.12. The van der Waals surface area contributed by atoms with E-state index < -0.39 is 0 Å². The molecule has 0 aliphatic rings. The van der Waals surface area contributed by atoms with Gasteiger partial charge in [0.25, 0.3) is 0 Å². The van der Waals surface area contributed by atoms with Gasteiger partial charge in [-0.3, -0.25) is 4.99 Å². The summed E-state index contributed by atoms with van der Waals surface area (Å²) in [6, 6.07) is 11.2. The molecule has 2 N–H and O–H groups in total. The van der Waals surface area contributed by atoms with Crippen LogP contribution in [0.1, 0.15) is 16.8 Å². The van der Waals surface area contributed by atoms with Crippen molar-refractivity contribution in [3.05, 3.63) is 77.2 Å². The summed E-state index contributed by atoms with van der Waals surface area (Å²) < 4.78 is 32.1. The average Bonchev–Trinajstić information content (AvgIpc) is 3.16. The van der Waals surface area contributed by atoms with E-state index in [9.17, 15) is 8.78 Å². The Morgan fingerprint density at radius 3 is 2.61 bits per heavy atom. The Hall–Kier alpha value is -3.22. The Kier molecular flexibility index (Phi) is 6.37. The van der Waals surface area contributed by atoms with Gasteiger partial charge < -0.3 is 15.1 Å². The molecule has 0 fully saturated rings. The van der Waals surface area contributed by atoms with Crippen molar-refractivity contribution in [1.29, 1.82) is 0 Å². The summed E-state index contributed by atoms with van der Waals surface area (Å²) in [5.74, 6) is 0.555. The molecule has 1 heterocycles. The van der Waals surface area contributed by atoms with E-state index in [1.165, 1.54) is 18.2 Å². The molecule has 0 unspecified atom stereocenters. The minimum absolute atomic E-state index is 0.217. The van der Waals surface area contributed by atoms with Gasteiger partial charge in [0.2, 0.25) is 5.89 Å². The highest BCUT2D eigenvalue weighted by Crippen LogP contribution is 2.19. The fourth-order valence-corrected chi connectivity index (χ4v) is 2.61. The summed E-state index contributed by atoms with van der Waals surface area (Å²) in [5.41, 5.74) is 2.97. The lowest BCUT2D eigenvalue weighted by Gasteiger charge is -2.11. The van der Waals surface area contributed by atoms with Gasteiger partial charge in [0.15, 0.2) is 5.96 Å². The first-order chi connectivity index (χ1) is 13.5. The zero-order chi connectivity index (χ0) is 19.9. The maximum atomic E-state index is 13.6. The number of guanidine groups is 1. The zero-order valence-electron chi connectivity index (χ0n) is 15.8. The van der Waals surface area contributed by atoms with Crippen LogP contribution in [0.15, 0.2) is 58.1 Å². The molecule has 0 aliphatic heterocycles. The molecule has 1 aromatic heterocycles. The number of halogens is 2. The van der Waals surface area contributed by atoms with Crippen molar-refractivity contribution in [1.82, 2.24) is 15.6 Å². The molecule has 28 heavy (non-hydrogen) atoms. The second-order valence-corrected chi connectivity index (χ2v) is 6.34. The molecule has 0 saturated carbocycles. The summed E-state index contributed by atoms with van der Waals surface area (Å²) in [4.78, 5) is 8.57. The van der Waals surface area contributed by atoms with E-state index in [1.54, 1.807) is 38.4 Å². The molecule has 0 amide bonds. The fourth-order valence-electron chi connectivity index (χ4n) is 2.61. The maximum absolute atomic E-state index is 13.6. The first-order valence-corrected chi connectivity index (χ1v) is 8.95. The molecule has 2 aromatic carbocycles. The van der Waals surface area contributed by atoms with Gasteiger partial charge in [-0.05, 0) is 48.4 Å². The fraction of sp³-hybridized carbons (Fsp3) is 0.238. The van der Waals surface area contributed by atoms with Crippen molar-refractivity contribution in [2.75, 3.05) is 13.6 Å². The van der Waals surface area contributed by atoms with Crippen molar-refractivity contribution < 1.29 is 13.2 Å². The van der Waals surface area contributed by atoms with Crippen molar-refractivity contribution in [2.45, 2.75) is 19.9 Å². The summed E-state index contributed by atoms with van der Waals surface area (Å²) in [5, 5.41) is 6.33. The third kappa shape index (κ3) is 5.16. The lowest BCUT2D eigenvalue weighted by molar-refractivity contribution is 0.571. The molecular weight excluding hydrogens is 362 g/mol. The van der Waals surface area contributed by atoms with Crippen LogP contribution in [0.5, 0.6) is 0 Å². The van der Waals surface area contributed by atoms with Crippen molar-refractivity contribution >= 4 is 5.96 Å². The first kappa shape index (κ1) is 19.5. The molecule has 0 saturated heterocycles. The number of rotatable bonds is 6. The molecule has 0 radical (unpaired) electrons. The molecule has 3 rings (SSSR count). The number of aliphatic imine (C=N–C) groups is 1. The predicted octanol–water partition coefficient (Wildman–Crippen LogP) is 3.84. The van der Waals surface area contributed by atoms with Crippen molar-refractivity contribution in [3.8, 4) is 11.5 Å². The van der Waals surface area contributed by atoms with Crippen LogP contribution in [0.2, 0.25) is 0 Å². The van der Waals surface area contributed by atoms with E-state index in [1.807, 2.05) is 6.07 Å². The summed E-state index contributed by atoms with van der Waals surface area (Å²) in [6.07, 6.45) is 2.22. The zero-order valence-corrected chi connectivity index (χ0v) is 15.8. The van der Waals surface area contributed by atoms with Crippen molar-refractivity contribution in [3.63, 3.8) is 0 Å². The Balaban J connectivity index is 1.48. The average molecular weight is 384 g/mol. The van der Waals surface area contributed by atoms with Crippen LogP contribution in [0.4, 0.5) is 8.78 Å². The van der Waals surface area contributed by atoms with Gasteiger partial charge in [-0.25, -0.2) is 13.8 Å². The topological polar surface area (TPSA) is 62.5 Å². The number of benzene rings is 2. The number of aromatic nitrogens is 1. The van der Waals surface area contributed by atoms with Crippen LogP contribution in [0.25, 0.3) is 11.5 Å². The molecule has 5 nitrogen and oxygen atoms in total. The van der Waals surface area contributed by atoms with Crippen LogP contribution in [0.3, 0.4) is 0 Å². The highest BCUT2D eigenvalue weighted by Gasteiger charge is 2.07. The third-order valence-corrected chi connectivity index (χ3v) is 4.24. The second-order valence-electron chi connectivity index (χ2n) is 6.34. The van der Waals surface area contributed by atoms with Gasteiger partial charge in [-0.1, -0.05) is 12.1 Å². The van der Waals surface area contributed by atoms with Crippen LogP contribution in [-0.2, 0) is 13.0 Å². The molecule has 0 bridgehead atoms. The minimum Gasteiger partial charge on any atom is -0.444 e. The lowest BCUT2D eigenvalue weighted by Crippen LogP contribution is -2.37. The minimum atomic E-state index is -0.299. The van der Waals surface area contributed by atoms with E-state index in [4.69, 9.17) is 4.42 Å². The van der Waals surface area contributed by atoms with E-state index in [0.29, 0.717) is 36.9 Å². The number of hydrogen-bond donors (Lipinski definition) is 2. The van der Waals surface area contributed by atoms with Gasteiger partial charge in [-0.2, -0.15) is 0 Å². The SMILES string of the molecule is CN=C(NCCc1coc(-c2ccc(F)cc2)n1)NCc1ccc(C)c(F)c1. The number of hydrogen-bond acceptors (Lipinski definition) is 3. The van der Waals surface area contributed by atoms with Gasteiger partial charge >= 0.3 is 0 Å². The normalized spacial score (nSPS) is 11.5. The van der Waals surface area contributed by atoms with Crippen LogP contribution in [-0.4, -0.2) is 24.5 Å². The quantitative estimate of drug-likeness (QED) is 0.501. The summed E-state index contributed by atoms with van der Waals surface area (Å²) in [6.45, 7) is 2.80. The summed E-state index contributed by atoms with van der Waals surface area (Å²) >= 11 is 0. The highest BCUT2D eigenvalue weighted by atomic mass is 19.1. The molecule has 146 valence electrons. The largest absolute Gasteiger partial charge is 0.444 e. The van der Waals surface area contributed by atoms with Crippen LogP contribution in [0, 0.1) is 18.6 Å². The standard InChI is InChI=1S/C21H22F2N4O/c1-14-3-4-15(11-19(14)23)12-26-21(24-2)25-10-9-18-13-28-20(27-18)16-5-7-17(22)8-6-16/h3-8,11,13H,9-10,12H2,1-2H3,(H2,24,25,26). The number of aryl methyl sites for hydroxylation is 1. The predicted molar refractivity (Wildman–Crippen MR) is 105 cm³/mol.